The summed E-state index contributed by atoms with van der Waals surface area (Å²) in [5, 5.41) is 4.19. The highest BCUT2D eigenvalue weighted by Gasteiger charge is 2.49. The highest BCUT2D eigenvalue weighted by atomic mass is 32.2. The molecule has 28 heavy (non-hydrogen) atoms. The summed E-state index contributed by atoms with van der Waals surface area (Å²) in [6, 6.07) is 2.74. The number of benzene rings is 1. The van der Waals surface area contributed by atoms with E-state index in [2.05, 4.69) is 9.82 Å². The molecule has 1 N–H and O–H groups in total. The van der Waals surface area contributed by atoms with Gasteiger partial charge >= 0.3 is 6.18 Å². The number of halogens is 6. The van der Waals surface area contributed by atoms with Crippen LogP contribution in [-0.2, 0) is 16.9 Å². The third-order valence-electron chi connectivity index (χ3n) is 3.66. The third kappa shape index (κ3) is 6.02. The summed E-state index contributed by atoms with van der Waals surface area (Å²) >= 11 is -2.09. The van der Waals surface area contributed by atoms with E-state index < -0.39 is 63.8 Å². The molecule has 1 aromatic rings. The van der Waals surface area contributed by atoms with Gasteiger partial charge in [0.1, 0.15) is 22.7 Å². The number of hydrogen-bond acceptors (Lipinski definition) is 4. The van der Waals surface area contributed by atoms with Gasteiger partial charge in [-0.1, -0.05) is 12.1 Å². The molecule has 1 rings (SSSR count). The molecule has 11 heteroatoms. The van der Waals surface area contributed by atoms with Crippen LogP contribution in [0, 0.1) is 11.6 Å². The molecule has 160 valence electrons. The van der Waals surface area contributed by atoms with E-state index in [9.17, 15) is 30.9 Å². The van der Waals surface area contributed by atoms with Crippen molar-refractivity contribution in [2.75, 3.05) is 20.8 Å². The van der Waals surface area contributed by atoms with Crippen molar-refractivity contribution >= 4 is 17.1 Å². The first-order valence-electron chi connectivity index (χ1n) is 8.16. The molecule has 0 aliphatic carbocycles. The molecule has 0 aromatic heterocycles. The number of hydrogen-bond donors (Lipinski definition) is 1. The maximum Gasteiger partial charge on any atom is 0.431 e. The van der Waals surface area contributed by atoms with Crippen LogP contribution in [0.2, 0.25) is 0 Å². The molecule has 2 atom stereocenters. The van der Waals surface area contributed by atoms with Crippen molar-refractivity contribution in [1.29, 1.82) is 0 Å². The highest BCUT2D eigenvalue weighted by molar-refractivity contribution is 7.90. The number of nitrogens with zero attached hydrogens (tertiary/aromatic N) is 2. The summed E-state index contributed by atoms with van der Waals surface area (Å²) in [6.07, 6.45) is -6.17. The molecule has 4 nitrogen and oxygen atoms in total. The number of alkyl halides is 4. The molecule has 0 aliphatic heterocycles. The smallest absolute Gasteiger partial charge is 0.431 e. The van der Waals surface area contributed by atoms with E-state index in [1.807, 2.05) is 0 Å². The van der Waals surface area contributed by atoms with Gasteiger partial charge in [-0.3, -0.25) is 0 Å². The maximum atomic E-state index is 14.4. The van der Waals surface area contributed by atoms with Crippen molar-refractivity contribution in [3.63, 3.8) is 0 Å². The van der Waals surface area contributed by atoms with Gasteiger partial charge in [0.05, 0.1) is 0 Å². The van der Waals surface area contributed by atoms with Crippen molar-refractivity contribution in [2.24, 2.45) is 5.10 Å². The van der Waals surface area contributed by atoms with E-state index in [1.165, 1.54) is 34.9 Å². The van der Waals surface area contributed by atoms with Gasteiger partial charge in [-0.15, -0.1) is 4.72 Å². The van der Waals surface area contributed by atoms with E-state index in [4.69, 9.17) is 0 Å². The molecule has 0 bridgehead atoms. The van der Waals surface area contributed by atoms with Crippen LogP contribution in [0.15, 0.2) is 23.3 Å². The molecule has 1 aromatic carbocycles. The zero-order valence-electron chi connectivity index (χ0n) is 16.1. The number of rotatable bonds is 7. The first-order valence-corrected chi connectivity index (χ1v) is 9.31. The fraction of sp³-hybridized carbons (Fsp3) is 0.588. The van der Waals surface area contributed by atoms with Gasteiger partial charge in [-0.2, -0.15) is 18.3 Å². The zero-order valence-corrected chi connectivity index (χ0v) is 16.9. The molecule has 0 fully saturated rings. The van der Waals surface area contributed by atoms with Gasteiger partial charge in [0.15, 0.2) is 11.6 Å². The summed E-state index contributed by atoms with van der Waals surface area (Å²) in [6.45, 7) is 2.91. The molecule has 0 spiro atoms. The highest BCUT2D eigenvalue weighted by Crippen LogP contribution is 2.35. The summed E-state index contributed by atoms with van der Waals surface area (Å²) in [7, 11) is 2.46. The van der Waals surface area contributed by atoms with Gasteiger partial charge in [-0.25, -0.2) is 13.2 Å². The molecule has 0 aliphatic rings. The lowest BCUT2D eigenvalue weighted by molar-refractivity contribution is -0.0631. The second kappa shape index (κ2) is 8.91. The van der Waals surface area contributed by atoms with Crippen LogP contribution in [0.3, 0.4) is 0 Å². The summed E-state index contributed by atoms with van der Waals surface area (Å²) in [5.41, 5.74) is -4.59. The van der Waals surface area contributed by atoms with Crippen LogP contribution in [0.4, 0.5) is 26.3 Å². The molecular weight excluding hydrogens is 408 g/mol. The van der Waals surface area contributed by atoms with Gasteiger partial charge in [0.25, 0.3) is 0 Å². The van der Waals surface area contributed by atoms with Crippen molar-refractivity contribution in [3.8, 4) is 0 Å². The Balaban J connectivity index is 3.64. The molecule has 2 unspecified atom stereocenters. The Morgan fingerprint density at radius 3 is 2.18 bits per heavy atom. The van der Waals surface area contributed by atoms with Crippen LogP contribution in [0.5, 0.6) is 0 Å². The summed E-state index contributed by atoms with van der Waals surface area (Å²) in [4.78, 5) is 0. The van der Waals surface area contributed by atoms with Crippen LogP contribution >= 0.6 is 0 Å². The fourth-order valence-corrected chi connectivity index (χ4v) is 3.15. The van der Waals surface area contributed by atoms with Crippen molar-refractivity contribution in [3.05, 3.63) is 35.4 Å². The first-order chi connectivity index (χ1) is 12.6. The predicted molar refractivity (Wildman–Crippen MR) is 96.8 cm³/mol. The van der Waals surface area contributed by atoms with Crippen LogP contribution in [0.1, 0.15) is 32.8 Å². The van der Waals surface area contributed by atoms with Gasteiger partial charge in [0, 0.05) is 37.4 Å². The lowest BCUT2D eigenvalue weighted by Gasteiger charge is -2.36. The Labute approximate surface area is 163 Å². The first kappa shape index (κ1) is 24.6. The Bertz CT molecular complexity index is 705. The minimum absolute atomic E-state index is 0.705. The van der Waals surface area contributed by atoms with E-state index in [0.717, 1.165) is 23.2 Å². The SMILES string of the molecule is CN(C)/N=C(/CC(CF)(N[S+]([O-])C(C)(C)C)c1cccc(F)c1F)C(F)(F)F. The lowest BCUT2D eigenvalue weighted by Crippen LogP contribution is -2.55. The largest absolute Gasteiger partial charge is 0.598 e. The second-order valence-corrected chi connectivity index (χ2v) is 9.34. The lowest BCUT2D eigenvalue weighted by atomic mass is 9.86. The summed E-state index contributed by atoms with van der Waals surface area (Å²) < 4.78 is 96.6. The molecule has 0 radical (unpaired) electrons. The van der Waals surface area contributed by atoms with Crippen LogP contribution in [-0.4, -0.2) is 47.0 Å². The molecule has 0 amide bonds. The molecule has 0 heterocycles. The van der Waals surface area contributed by atoms with E-state index in [0.29, 0.717) is 0 Å². The normalized spacial score (nSPS) is 16.6. The quantitative estimate of drug-likeness (QED) is 0.307. The standard InChI is InChI=1S/C17H23F6N3OS/c1-15(2,3)28(27)25-16(10-18,11-7-6-8-12(19)14(11)20)9-13(17(21,22)23)24-26(4)5/h6-8,25H,9-10H2,1-5H3/b24-13-. The van der Waals surface area contributed by atoms with Crippen LogP contribution in [0.25, 0.3) is 0 Å². The van der Waals surface area contributed by atoms with Gasteiger partial charge in [-0.05, 0) is 26.8 Å². The Kier molecular flexibility index (Phi) is 7.82. The van der Waals surface area contributed by atoms with Crippen molar-refractivity contribution in [1.82, 2.24) is 9.73 Å². The maximum absolute atomic E-state index is 14.4. The number of hydrazone groups is 1. The fourth-order valence-electron chi connectivity index (χ4n) is 2.26. The number of nitrogens with one attached hydrogen (secondary N) is 1. The minimum Gasteiger partial charge on any atom is -0.598 e. The topological polar surface area (TPSA) is 50.7 Å². The Hall–Kier alpha value is -1.46. The average Bonchev–Trinajstić information content (AvgIpc) is 2.53. The van der Waals surface area contributed by atoms with E-state index >= 15 is 0 Å². The summed E-state index contributed by atoms with van der Waals surface area (Å²) in [5.74, 6) is -2.89. The van der Waals surface area contributed by atoms with Crippen molar-refractivity contribution in [2.45, 2.75) is 43.7 Å². The molecule has 0 saturated heterocycles. The predicted octanol–water partition coefficient (Wildman–Crippen LogP) is 4.05. The van der Waals surface area contributed by atoms with Gasteiger partial charge in [0.2, 0.25) is 0 Å². The zero-order chi connectivity index (χ0) is 21.9. The Morgan fingerprint density at radius 2 is 1.75 bits per heavy atom. The van der Waals surface area contributed by atoms with Crippen molar-refractivity contribution < 1.29 is 30.9 Å². The monoisotopic (exact) mass is 431 g/mol. The Morgan fingerprint density at radius 1 is 1.18 bits per heavy atom. The third-order valence-corrected chi connectivity index (χ3v) is 5.35. The second-order valence-electron chi connectivity index (χ2n) is 7.37. The molecule has 0 saturated carbocycles. The molecular formula is C17H23F6N3OS. The minimum atomic E-state index is -4.97. The van der Waals surface area contributed by atoms with E-state index in [-0.39, 0.29) is 0 Å². The van der Waals surface area contributed by atoms with Gasteiger partial charge < -0.3 is 9.56 Å². The van der Waals surface area contributed by atoms with Crippen LogP contribution < -0.4 is 4.72 Å². The van der Waals surface area contributed by atoms with E-state index in [1.54, 1.807) is 0 Å². The average molecular weight is 431 g/mol.